The van der Waals surface area contributed by atoms with Gasteiger partial charge in [-0.1, -0.05) is 21.6 Å². The fraction of sp³-hybridized carbons (Fsp3) is 0.667. The number of hydrogen-bond donors (Lipinski definition) is 6. The first-order chi connectivity index (χ1) is 17.5. The van der Waals surface area contributed by atoms with Gasteiger partial charge in [-0.05, 0) is 13.8 Å². The molecule has 3 heterocycles. The number of nitrogens with two attached hydrogens (primary N) is 2. The van der Waals surface area contributed by atoms with E-state index in [9.17, 15) is 23.5 Å². The second kappa shape index (κ2) is 12.5. The quantitative estimate of drug-likeness (QED) is 0.0738. The molecule has 2 aromatic rings. The minimum atomic E-state index is -5.66. The smallest absolute Gasteiger partial charge is 0.382 e. The van der Waals surface area contributed by atoms with Gasteiger partial charge in [-0.3, -0.25) is 9.09 Å². The van der Waals surface area contributed by atoms with Gasteiger partial charge in [0, 0.05) is 17.7 Å². The highest BCUT2D eigenvalue weighted by atomic mass is 33.1. The second-order valence-electron chi connectivity index (χ2n) is 8.32. The van der Waals surface area contributed by atoms with Gasteiger partial charge in [-0.2, -0.15) is 8.62 Å². The Bertz CT molecular complexity index is 1260. The van der Waals surface area contributed by atoms with Crippen molar-refractivity contribution in [2.75, 3.05) is 24.8 Å². The molecule has 0 radical (unpaired) electrons. The number of fused-ring (bicyclic) bond motifs is 1. The van der Waals surface area contributed by atoms with Crippen molar-refractivity contribution in [1.82, 2.24) is 19.5 Å². The summed E-state index contributed by atoms with van der Waals surface area (Å²) in [6.45, 7) is 3.67. The number of aromatic nitrogens is 4. The highest BCUT2D eigenvalue weighted by molar-refractivity contribution is 8.77. The van der Waals surface area contributed by atoms with E-state index in [1.54, 1.807) is 4.57 Å². The summed E-state index contributed by atoms with van der Waals surface area (Å²) < 4.78 is 60.1. The van der Waals surface area contributed by atoms with Crippen LogP contribution in [-0.2, 0) is 36.3 Å². The molecule has 0 aliphatic carbocycles. The minimum absolute atomic E-state index is 0.152. The van der Waals surface area contributed by atoms with E-state index < -0.39 is 48.5 Å². The number of hydrogen-bond acceptors (Lipinski definition) is 15. The van der Waals surface area contributed by atoms with E-state index in [0.29, 0.717) is 17.7 Å². The molecule has 0 saturated carbocycles. The number of ether oxygens (including phenoxy) is 2. The summed E-state index contributed by atoms with van der Waals surface area (Å²) in [5, 5.41) is 0. The summed E-state index contributed by atoms with van der Waals surface area (Å²) in [5.41, 5.74) is 12.3. The third kappa shape index (κ3) is 9.19. The van der Waals surface area contributed by atoms with Gasteiger partial charge in [0.2, 0.25) is 0 Å². The van der Waals surface area contributed by atoms with Gasteiger partial charge < -0.3 is 40.5 Å². The van der Waals surface area contributed by atoms with E-state index in [1.807, 2.05) is 13.8 Å². The Labute approximate surface area is 224 Å². The standard InChI is InChI=1S/C15H27N6O12P3S2/c1-15(2,5-16)38-37-8-29-9-3-11(21-7-20-12-13(17)18-6-19-14(12)21)31-10(9)4-30-35(25,26)33-36(27,28)32-34(22,23)24/h6-7,9-11H,3-5,8,16H2,1-2H3,(H,25,26)(H,27,28)(H2,17,18,19)(H2,22,23,24)/t9-,10-,11-/m1/s1. The van der Waals surface area contributed by atoms with Crippen molar-refractivity contribution in [2.24, 2.45) is 5.73 Å². The van der Waals surface area contributed by atoms with Crippen LogP contribution in [0, 0.1) is 0 Å². The van der Waals surface area contributed by atoms with Crippen LogP contribution in [0.25, 0.3) is 11.2 Å². The summed E-state index contributed by atoms with van der Waals surface area (Å²) >= 11 is 0. The van der Waals surface area contributed by atoms with Crippen LogP contribution in [-0.4, -0.2) is 75.1 Å². The summed E-state index contributed by atoms with van der Waals surface area (Å²) in [5.74, 6) is 0.333. The number of nitrogens with zero attached hydrogens (tertiary/aromatic N) is 4. The molecule has 1 fully saturated rings. The highest BCUT2D eigenvalue weighted by Crippen LogP contribution is 2.66. The summed E-state index contributed by atoms with van der Waals surface area (Å²) in [4.78, 5) is 48.7. The Hall–Kier alpha value is -0.660. The van der Waals surface area contributed by atoms with Crippen LogP contribution in [0.3, 0.4) is 0 Å². The lowest BCUT2D eigenvalue weighted by Crippen LogP contribution is -2.29. The summed E-state index contributed by atoms with van der Waals surface area (Å²) in [7, 11) is -13.7. The molecule has 23 heteroatoms. The zero-order valence-corrected chi connectivity index (χ0v) is 24.2. The van der Waals surface area contributed by atoms with E-state index in [4.69, 9.17) is 35.3 Å². The zero-order valence-electron chi connectivity index (χ0n) is 19.9. The molecule has 8 N–H and O–H groups in total. The van der Waals surface area contributed by atoms with Gasteiger partial charge in [0.05, 0.1) is 19.0 Å². The fourth-order valence-corrected chi connectivity index (χ4v) is 8.25. The molecule has 216 valence electrons. The van der Waals surface area contributed by atoms with Crippen molar-refractivity contribution in [2.45, 2.75) is 43.5 Å². The fourth-order valence-electron chi connectivity index (χ4n) is 3.08. The number of imidazole rings is 1. The Morgan fingerprint density at radius 1 is 1.16 bits per heavy atom. The minimum Gasteiger partial charge on any atom is -0.382 e. The number of phosphoric acid groups is 3. The Balaban J connectivity index is 1.71. The molecule has 2 aromatic heterocycles. The van der Waals surface area contributed by atoms with E-state index in [1.165, 1.54) is 34.2 Å². The van der Waals surface area contributed by atoms with E-state index in [0.717, 1.165) is 0 Å². The van der Waals surface area contributed by atoms with Crippen molar-refractivity contribution < 1.29 is 55.9 Å². The molecule has 1 aliphatic heterocycles. The topological polar surface area (TPSA) is 274 Å². The SMILES string of the molecule is CC(C)(CN)SSCO[C@@H]1C[C@H](n2cnc3c(N)ncnc32)O[C@@H]1COP(=O)(O)OP(=O)(O)OP(=O)(O)O. The average Bonchev–Trinajstić information content (AvgIpc) is 3.37. The van der Waals surface area contributed by atoms with Crippen LogP contribution in [0.4, 0.5) is 5.82 Å². The zero-order chi connectivity index (χ0) is 28.4. The van der Waals surface area contributed by atoms with Crippen molar-refractivity contribution in [3.63, 3.8) is 0 Å². The molecule has 0 aromatic carbocycles. The third-order valence-corrected chi connectivity index (χ3v) is 11.6. The highest BCUT2D eigenvalue weighted by Gasteiger charge is 2.43. The number of rotatable bonds is 14. The van der Waals surface area contributed by atoms with Gasteiger partial charge >= 0.3 is 23.5 Å². The molecule has 38 heavy (non-hydrogen) atoms. The molecule has 2 unspecified atom stereocenters. The van der Waals surface area contributed by atoms with E-state index in [-0.39, 0.29) is 22.9 Å². The van der Waals surface area contributed by atoms with Crippen LogP contribution in [0.15, 0.2) is 12.7 Å². The Kier molecular flexibility index (Phi) is 10.5. The van der Waals surface area contributed by atoms with Crippen molar-refractivity contribution in [3.8, 4) is 0 Å². The van der Waals surface area contributed by atoms with Crippen LogP contribution in [0.1, 0.15) is 26.5 Å². The molecule has 0 bridgehead atoms. The van der Waals surface area contributed by atoms with Crippen LogP contribution in [0.5, 0.6) is 0 Å². The van der Waals surface area contributed by atoms with Gasteiger partial charge in [0.25, 0.3) is 0 Å². The number of nitrogen functional groups attached to an aromatic ring is 1. The van der Waals surface area contributed by atoms with E-state index in [2.05, 4.69) is 23.6 Å². The number of phosphoric ester groups is 1. The third-order valence-electron chi connectivity index (χ3n) is 4.80. The lowest BCUT2D eigenvalue weighted by Gasteiger charge is -2.23. The predicted molar refractivity (Wildman–Crippen MR) is 136 cm³/mol. The molecular formula is C15H27N6O12P3S2. The number of anilines is 1. The van der Waals surface area contributed by atoms with Crippen molar-refractivity contribution >= 4 is 62.0 Å². The maximum atomic E-state index is 12.2. The second-order valence-corrected chi connectivity index (χ2v) is 15.7. The molecule has 1 aliphatic rings. The van der Waals surface area contributed by atoms with Gasteiger partial charge in [-0.15, -0.1) is 0 Å². The normalized spacial score (nSPS) is 23.9. The molecular weight excluding hydrogens is 613 g/mol. The lowest BCUT2D eigenvalue weighted by atomic mass is 10.2. The van der Waals surface area contributed by atoms with Crippen molar-refractivity contribution in [1.29, 1.82) is 0 Å². The van der Waals surface area contributed by atoms with Crippen LogP contribution < -0.4 is 11.5 Å². The first-order valence-electron chi connectivity index (χ1n) is 10.5. The molecule has 0 spiro atoms. The molecule has 1 saturated heterocycles. The lowest BCUT2D eigenvalue weighted by molar-refractivity contribution is -0.0522. The van der Waals surface area contributed by atoms with Gasteiger partial charge in [-0.25, -0.2) is 28.6 Å². The Morgan fingerprint density at radius 2 is 1.87 bits per heavy atom. The maximum Gasteiger partial charge on any atom is 0.490 e. The maximum absolute atomic E-state index is 12.2. The molecule has 0 amide bonds. The van der Waals surface area contributed by atoms with Crippen LogP contribution in [0.2, 0.25) is 0 Å². The van der Waals surface area contributed by atoms with Crippen LogP contribution >= 0.6 is 45.1 Å². The first kappa shape index (κ1) is 31.9. The summed E-state index contributed by atoms with van der Waals surface area (Å²) in [6.07, 6.45) is 0.445. The largest absolute Gasteiger partial charge is 0.490 e. The molecule has 5 atom stereocenters. The predicted octanol–water partition coefficient (Wildman–Crippen LogP) is 1.50. The molecule has 3 rings (SSSR count). The van der Waals surface area contributed by atoms with Gasteiger partial charge in [0.15, 0.2) is 11.5 Å². The van der Waals surface area contributed by atoms with Crippen molar-refractivity contribution in [3.05, 3.63) is 12.7 Å². The summed E-state index contributed by atoms with van der Waals surface area (Å²) in [6, 6.07) is 0. The average molecular weight is 640 g/mol. The van der Waals surface area contributed by atoms with Gasteiger partial charge in [0.1, 0.15) is 30.1 Å². The molecule has 18 nitrogen and oxygen atoms in total. The monoisotopic (exact) mass is 640 g/mol. The Morgan fingerprint density at radius 3 is 2.53 bits per heavy atom. The van der Waals surface area contributed by atoms with E-state index >= 15 is 0 Å². The first-order valence-corrected chi connectivity index (χ1v) is 17.3.